The van der Waals surface area contributed by atoms with Crippen molar-refractivity contribution in [3.05, 3.63) is 138 Å². The second-order valence-electron chi connectivity index (χ2n) is 8.03. The first-order chi connectivity index (χ1) is 17.6. The standard InChI is InChI=1S/C16H18O2.C7H6O2.C6H6O3S/c1-12(15(17)13-8-4-2-5-9-13)16(18)14-10-6-3-7-11-14;8-7(9)6-4-2-1-3-5-6;7-10(8,9)6-4-2-1-3-5-6/h2-12,15-18H,1H3;1-5H,(H,8,9);1-5H,(H,7,8,9). The molecule has 4 rings (SSSR count). The highest BCUT2D eigenvalue weighted by molar-refractivity contribution is 7.85. The lowest BCUT2D eigenvalue weighted by atomic mass is 9.89. The van der Waals surface area contributed by atoms with Gasteiger partial charge in [0.2, 0.25) is 0 Å². The Kier molecular flexibility index (Phi) is 11.7. The predicted molar refractivity (Wildman–Crippen MR) is 142 cm³/mol. The average molecular weight is 523 g/mol. The van der Waals surface area contributed by atoms with Crippen LogP contribution in [0.4, 0.5) is 0 Å². The zero-order chi connectivity index (χ0) is 27.3. The lowest BCUT2D eigenvalue weighted by Gasteiger charge is -2.24. The van der Waals surface area contributed by atoms with Crippen molar-refractivity contribution in [2.75, 3.05) is 0 Å². The lowest BCUT2D eigenvalue weighted by Crippen LogP contribution is -2.17. The summed E-state index contributed by atoms with van der Waals surface area (Å²) in [5.41, 5.74) is 2.00. The van der Waals surface area contributed by atoms with Gasteiger partial charge in [0.1, 0.15) is 0 Å². The van der Waals surface area contributed by atoms with E-state index < -0.39 is 28.3 Å². The number of carboxylic acid groups (broad SMARTS) is 1. The molecule has 0 aliphatic rings. The van der Waals surface area contributed by atoms with Crippen molar-refractivity contribution in [1.29, 1.82) is 0 Å². The SMILES string of the molecule is CC(C(O)c1ccccc1)C(O)c1ccccc1.O=C(O)c1ccccc1.O=S(=O)(O)c1ccccc1. The zero-order valence-electron chi connectivity index (χ0n) is 20.2. The summed E-state index contributed by atoms with van der Waals surface area (Å²) in [6.45, 7) is 1.86. The maximum Gasteiger partial charge on any atom is 0.335 e. The van der Waals surface area contributed by atoms with Gasteiger partial charge in [0, 0.05) is 5.92 Å². The van der Waals surface area contributed by atoms with Gasteiger partial charge in [-0.1, -0.05) is 104 Å². The van der Waals surface area contributed by atoms with E-state index in [4.69, 9.17) is 9.66 Å². The molecule has 0 aromatic heterocycles. The molecule has 0 aliphatic carbocycles. The summed E-state index contributed by atoms with van der Waals surface area (Å²) in [6.07, 6.45) is -1.33. The molecule has 0 aliphatic heterocycles. The molecule has 0 bridgehead atoms. The third kappa shape index (κ3) is 9.98. The summed E-state index contributed by atoms with van der Waals surface area (Å²) in [5.74, 6) is -1.13. The number of benzene rings is 4. The Hall–Kier alpha value is -3.82. The first-order valence-electron chi connectivity index (χ1n) is 11.4. The van der Waals surface area contributed by atoms with Crippen LogP contribution in [0.5, 0.6) is 0 Å². The van der Waals surface area contributed by atoms with E-state index >= 15 is 0 Å². The molecule has 0 heterocycles. The highest BCUT2D eigenvalue weighted by Crippen LogP contribution is 2.32. The quantitative estimate of drug-likeness (QED) is 0.249. The Bertz CT molecular complexity index is 1250. The van der Waals surface area contributed by atoms with Crippen LogP contribution in [0.1, 0.15) is 40.6 Å². The number of hydrogen-bond acceptors (Lipinski definition) is 5. The van der Waals surface area contributed by atoms with Gasteiger partial charge in [-0.3, -0.25) is 4.55 Å². The fourth-order valence-corrected chi connectivity index (χ4v) is 3.75. The average Bonchev–Trinajstić information content (AvgIpc) is 2.94. The molecule has 2 unspecified atom stereocenters. The minimum absolute atomic E-state index is 0.0741. The Morgan fingerprint density at radius 2 is 0.946 bits per heavy atom. The summed E-state index contributed by atoms with van der Waals surface area (Å²) in [6, 6.07) is 34.6. The van der Waals surface area contributed by atoms with E-state index in [1.165, 1.54) is 12.1 Å². The van der Waals surface area contributed by atoms with Gasteiger partial charge >= 0.3 is 5.97 Å². The highest BCUT2D eigenvalue weighted by Gasteiger charge is 2.24. The summed E-state index contributed by atoms with van der Waals surface area (Å²) in [4.78, 5) is 10.1. The Labute approximate surface area is 217 Å². The molecule has 0 radical (unpaired) electrons. The summed E-state index contributed by atoms with van der Waals surface area (Å²) in [5, 5.41) is 28.9. The number of carboxylic acids is 1. The molecule has 37 heavy (non-hydrogen) atoms. The number of aromatic carboxylic acids is 1. The fourth-order valence-electron chi connectivity index (χ4n) is 3.25. The number of aliphatic hydroxyl groups excluding tert-OH is 2. The molecule has 0 saturated carbocycles. The van der Waals surface area contributed by atoms with E-state index in [0.29, 0.717) is 5.56 Å². The van der Waals surface area contributed by atoms with E-state index in [-0.39, 0.29) is 10.8 Å². The first kappa shape index (κ1) is 29.4. The van der Waals surface area contributed by atoms with Crippen LogP contribution in [-0.2, 0) is 10.1 Å². The minimum atomic E-state index is -4.00. The molecule has 8 heteroatoms. The monoisotopic (exact) mass is 522 g/mol. The van der Waals surface area contributed by atoms with Gasteiger partial charge in [-0.15, -0.1) is 0 Å². The Morgan fingerprint density at radius 1 is 0.622 bits per heavy atom. The molecule has 0 spiro atoms. The van der Waals surface area contributed by atoms with E-state index in [0.717, 1.165) is 11.1 Å². The van der Waals surface area contributed by atoms with Gasteiger partial charge < -0.3 is 15.3 Å². The third-order valence-electron chi connectivity index (χ3n) is 5.34. The van der Waals surface area contributed by atoms with Crippen LogP contribution in [0.25, 0.3) is 0 Å². The van der Waals surface area contributed by atoms with Gasteiger partial charge in [0.25, 0.3) is 10.1 Å². The number of hydrogen-bond donors (Lipinski definition) is 4. The van der Waals surface area contributed by atoms with Gasteiger partial charge in [-0.05, 0) is 35.4 Å². The number of rotatable bonds is 6. The zero-order valence-corrected chi connectivity index (χ0v) is 21.0. The third-order valence-corrected chi connectivity index (χ3v) is 6.21. The highest BCUT2D eigenvalue weighted by atomic mass is 32.2. The molecule has 0 amide bonds. The number of carbonyl (C=O) groups is 1. The van der Waals surface area contributed by atoms with Crippen molar-refractivity contribution in [2.24, 2.45) is 5.92 Å². The van der Waals surface area contributed by atoms with Gasteiger partial charge in [0.15, 0.2) is 0 Å². The molecule has 194 valence electrons. The van der Waals surface area contributed by atoms with Crippen molar-refractivity contribution in [3.63, 3.8) is 0 Å². The first-order valence-corrected chi connectivity index (χ1v) is 12.8. The van der Waals surface area contributed by atoms with Crippen molar-refractivity contribution in [1.82, 2.24) is 0 Å². The van der Waals surface area contributed by atoms with Crippen LogP contribution in [0.2, 0.25) is 0 Å². The van der Waals surface area contributed by atoms with Crippen LogP contribution in [-0.4, -0.2) is 34.3 Å². The molecule has 0 fully saturated rings. The molecule has 7 nitrogen and oxygen atoms in total. The lowest BCUT2D eigenvalue weighted by molar-refractivity contribution is 0.0199. The van der Waals surface area contributed by atoms with Gasteiger partial charge in [-0.25, -0.2) is 4.79 Å². The minimum Gasteiger partial charge on any atom is -0.478 e. The topological polar surface area (TPSA) is 132 Å². The maximum absolute atomic E-state index is 10.4. The second-order valence-corrected chi connectivity index (χ2v) is 9.45. The summed E-state index contributed by atoms with van der Waals surface area (Å²) < 4.78 is 29.2. The fraction of sp³-hybridized carbons (Fsp3) is 0.138. The predicted octanol–water partition coefficient (Wildman–Crippen LogP) is 5.41. The molecule has 4 N–H and O–H groups in total. The molecule has 4 aromatic carbocycles. The van der Waals surface area contributed by atoms with Crippen LogP contribution >= 0.6 is 0 Å². The van der Waals surface area contributed by atoms with E-state index in [2.05, 4.69) is 0 Å². The van der Waals surface area contributed by atoms with Crippen molar-refractivity contribution in [3.8, 4) is 0 Å². The van der Waals surface area contributed by atoms with Crippen LogP contribution in [0, 0.1) is 5.92 Å². The van der Waals surface area contributed by atoms with Crippen molar-refractivity contribution >= 4 is 16.1 Å². The molecule has 0 saturated heterocycles. The van der Waals surface area contributed by atoms with E-state index in [1.807, 2.05) is 67.6 Å². The van der Waals surface area contributed by atoms with Gasteiger partial charge in [0.05, 0.1) is 22.7 Å². The Balaban J connectivity index is 0.000000214. The van der Waals surface area contributed by atoms with Crippen molar-refractivity contribution in [2.45, 2.75) is 24.0 Å². The van der Waals surface area contributed by atoms with Crippen LogP contribution in [0.3, 0.4) is 0 Å². The van der Waals surface area contributed by atoms with E-state index in [1.54, 1.807) is 48.5 Å². The molecular formula is C29H30O7S. The second kappa shape index (κ2) is 14.7. The van der Waals surface area contributed by atoms with E-state index in [9.17, 15) is 23.4 Å². The normalized spacial score (nSPS) is 13.0. The summed E-state index contributed by atoms with van der Waals surface area (Å²) >= 11 is 0. The number of aliphatic hydroxyl groups is 2. The van der Waals surface area contributed by atoms with Crippen LogP contribution in [0.15, 0.2) is 126 Å². The summed E-state index contributed by atoms with van der Waals surface area (Å²) in [7, 11) is -4.00. The van der Waals surface area contributed by atoms with Crippen LogP contribution < -0.4 is 0 Å². The molecule has 2 atom stereocenters. The maximum atomic E-state index is 10.4. The largest absolute Gasteiger partial charge is 0.478 e. The molecule has 4 aromatic rings. The van der Waals surface area contributed by atoms with Crippen molar-refractivity contribution < 1.29 is 33.1 Å². The molecular weight excluding hydrogens is 492 g/mol. The van der Waals surface area contributed by atoms with Gasteiger partial charge in [-0.2, -0.15) is 8.42 Å². The smallest absolute Gasteiger partial charge is 0.335 e. The Morgan fingerprint density at radius 3 is 1.22 bits per heavy atom.